The van der Waals surface area contributed by atoms with E-state index in [1.54, 1.807) is 44.3 Å². The molecule has 1 fully saturated rings. The third kappa shape index (κ3) is 4.01. The van der Waals surface area contributed by atoms with Gasteiger partial charge in [0.15, 0.2) is 0 Å². The maximum atomic E-state index is 12.6. The molecule has 0 radical (unpaired) electrons. The highest BCUT2D eigenvalue weighted by Gasteiger charge is 2.34. The Morgan fingerprint density at radius 3 is 2.77 bits per heavy atom. The van der Waals surface area contributed by atoms with Gasteiger partial charge in [0.05, 0.1) is 31.6 Å². The molecule has 2 unspecified atom stereocenters. The fourth-order valence-corrected chi connectivity index (χ4v) is 3.92. The number of anilines is 1. The van der Waals surface area contributed by atoms with Gasteiger partial charge in [0.25, 0.3) is 5.56 Å². The lowest BCUT2D eigenvalue weighted by molar-refractivity contribution is -0.0281. The van der Waals surface area contributed by atoms with E-state index in [0.717, 1.165) is 11.3 Å². The highest BCUT2D eigenvalue weighted by molar-refractivity contribution is 5.59. The lowest BCUT2D eigenvalue weighted by Crippen LogP contribution is -2.50. The van der Waals surface area contributed by atoms with Crippen molar-refractivity contribution in [2.75, 3.05) is 38.8 Å². The van der Waals surface area contributed by atoms with Crippen molar-refractivity contribution < 1.29 is 14.2 Å². The van der Waals surface area contributed by atoms with E-state index < -0.39 is 0 Å². The third-order valence-electron chi connectivity index (χ3n) is 5.59. The molecule has 0 spiro atoms. The minimum atomic E-state index is -0.125. The quantitative estimate of drug-likeness (QED) is 0.743. The van der Waals surface area contributed by atoms with E-state index in [1.165, 1.54) is 0 Å². The smallest absolute Gasteiger partial charge is 0.255 e. The Morgan fingerprint density at radius 2 is 2.03 bits per heavy atom. The minimum absolute atomic E-state index is 0.00171. The lowest BCUT2D eigenvalue weighted by Gasteiger charge is -2.39. The second-order valence-corrected chi connectivity index (χ2v) is 7.34. The SMILES string of the molecule is COC1=CC([C@@H]2CN(c3nc(-c4ccncc4)cc(=O)n3C)CCO2)C(OC)C=C1. The second kappa shape index (κ2) is 8.81. The van der Waals surface area contributed by atoms with Gasteiger partial charge in [0.2, 0.25) is 5.95 Å². The van der Waals surface area contributed by atoms with Crippen LogP contribution >= 0.6 is 0 Å². The van der Waals surface area contributed by atoms with Crippen molar-refractivity contribution in [2.24, 2.45) is 13.0 Å². The Hall–Kier alpha value is -2.97. The molecule has 3 atom stereocenters. The van der Waals surface area contributed by atoms with Crippen LogP contribution in [0.2, 0.25) is 0 Å². The Labute approximate surface area is 175 Å². The highest BCUT2D eigenvalue weighted by atomic mass is 16.5. The second-order valence-electron chi connectivity index (χ2n) is 7.34. The van der Waals surface area contributed by atoms with Crippen LogP contribution in [0.5, 0.6) is 0 Å². The van der Waals surface area contributed by atoms with Crippen molar-refractivity contribution in [1.29, 1.82) is 0 Å². The summed E-state index contributed by atoms with van der Waals surface area (Å²) in [7, 11) is 5.09. The maximum absolute atomic E-state index is 12.6. The fourth-order valence-electron chi connectivity index (χ4n) is 3.92. The van der Waals surface area contributed by atoms with Gasteiger partial charge in [0.1, 0.15) is 5.76 Å². The molecular formula is C22H26N4O4. The molecule has 2 aromatic rings. The van der Waals surface area contributed by atoms with Gasteiger partial charge in [-0.1, -0.05) is 6.08 Å². The van der Waals surface area contributed by atoms with Gasteiger partial charge in [-0.15, -0.1) is 0 Å². The van der Waals surface area contributed by atoms with Gasteiger partial charge in [-0.3, -0.25) is 14.3 Å². The number of aromatic nitrogens is 3. The summed E-state index contributed by atoms with van der Waals surface area (Å²) in [4.78, 5) is 23.6. The van der Waals surface area contributed by atoms with Crippen LogP contribution in [0, 0.1) is 5.92 Å². The van der Waals surface area contributed by atoms with Crippen LogP contribution in [0.25, 0.3) is 11.3 Å². The first-order valence-corrected chi connectivity index (χ1v) is 9.92. The third-order valence-corrected chi connectivity index (χ3v) is 5.59. The Bertz CT molecular complexity index is 1000. The van der Waals surface area contributed by atoms with E-state index >= 15 is 0 Å². The van der Waals surface area contributed by atoms with Crippen LogP contribution < -0.4 is 10.5 Å². The van der Waals surface area contributed by atoms with Gasteiger partial charge in [-0.25, -0.2) is 4.98 Å². The van der Waals surface area contributed by atoms with E-state index in [-0.39, 0.29) is 23.7 Å². The summed E-state index contributed by atoms with van der Waals surface area (Å²) in [5.41, 5.74) is 1.39. The summed E-state index contributed by atoms with van der Waals surface area (Å²) >= 11 is 0. The van der Waals surface area contributed by atoms with Crippen LogP contribution in [-0.4, -0.2) is 60.7 Å². The summed E-state index contributed by atoms with van der Waals surface area (Å²) in [5.74, 6) is 1.41. The molecule has 0 saturated carbocycles. The molecule has 0 aromatic carbocycles. The first-order chi connectivity index (χ1) is 14.6. The lowest BCUT2D eigenvalue weighted by atomic mass is 9.90. The Kier molecular flexibility index (Phi) is 5.96. The zero-order chi connectivity index (χ0) is 21.1. The van der Waals surface area contributed by atoms with E-state index in [4.69, 9.17) is 19.2 Å². The molecule has 3 heterocycles. The summed E-state index contributed by atoms with van der Waals surface area (Å²) in [6.07, 6.45) is 9.11. The number of allylic oxidation sites excluding steroid dienone is 1. The molecule has 1 aliphatic carbocycles. The normalized spacial score (nSPS) is 23.9. The molecule has 30 heavy (non-hydrogen) atoms. The van der Waals surface area contributed by atoms with E-state index in [2.05, 4.69) is 9.88 Å². The van der Waals surface area contributed by atoms with Crippen molar-refractivity contribution >= 4 is 5.95 Å². The predicted molar refractivity (Wildman–Crippen MR) is 113 cm³/mol. The first kappa shape index (κ1) is 20.3. The molecular weight excluding hydrogens is 384 g/mol. The zero-order valence-corrected chi connectivity index (χ0v) is 17.4. The molecule has 8 heteroatoms. The number of methoxy groups -OCH3 is 2. The van der Waals surface area contributed by atoms with Crippen LogP contribution in [0.1, 0.15) is 0 Å². The van der Waals surface area contributed by atoms with Gasteiger partial charge in [-0.2, -0.15) is 0 Å². The van der Waals surface area contributed by atoms with Crippen LogP contribution in [0.4, 0.5) is 5.95 Å². The van der Waals surface area contributed by atoms with E-state index in [0.29, 0.717) is 31.3 Å². The van der Waals surface area contributed by atoms with Crippen LogP contribution in [0.15, 0.2) is 59.4 Å². The van der Waals surface area contributed by atoms with Crippen molar-refractivity contribution in [3.05, 3.63) is 64.9 Å². The van der Waals surface area contributed by atoms with Crippen LogP contribution in [0.3, 0.4) is 0 Å². The fraction of sp³-hybridized carbons (Fsp3) is 0.409. The number of nitrogens with zero attached hydrogens (tertiary/aromatic N) is 4. The summed E-state index contributed by atoms with van der Waals surface area (Å²) < 4.78 is 18.7. The first-order valence-electron chi connectivity index (χ1n) is 9.92. The summed E-state index contributed by atoms with van der Waals surface area (Å²) in [6.45, 7) is 1.77. The molecule has 158 valence electrons. The average Bonchev–Trinajstić information content (AvgIpc) is 2.81. The number of rotatable bonds is 5. The molecule has 0 amide bonds. The minimum Gasteiger partial charge on any atom is -0.497 e. The summed E-state index contributed by atoms with van der Waals surface area (Å²) in [5, 5.41) is 0. The predicted octanol–water partition coefficient (Wildman–Crippen LogP) is 1.78. The Balaban J connectivity index is 1.63. The molecule has 1 aliphatic heterocycles. The van der Waals surface area contributed by atoms with E-state index in [1.807, 2.05) is 30.4 Å². The van der Waals surface area contributed by atoms with E-state index in [9.17, 15) is 4.79 Å². The molecule has 2 aliphatic rings. The summed E-state index contributed by atoms with van der Waals surface area (Å²) in [6, 6.07) is 5.25. The van der Waals surface area contributed by atoms with Crippen molar-refractivity contribution in [2.45, 2.75) is 12.2 Å². The molecule has 0 bridgehead atoms. The largest absolute Gasteiger partial charge is 0.497 e. The molecule has 2 aromatic heterocycles. The molecule has 1 saturated heterocycles. The number of pyridine rings is 1. The molecule has 0 N–H and O–H groups in total. The number of hydrogen-bond donors (Lipinski definition) is 0. The molecule has 4 rings (SSSR count). The average molecular weight is 410 g/mol. The van der Waals surface area contributed by atoms with Gasteiger partial charge < -0.3 is 19.1 Å². The monoisotopic (exact) mass is 410 g/mol. The zero-order valence-electron chi connectivity index (χ0n) is 17.4. The van der Waals surface area contributed by atoms with Gasteiger partial charge in [-0.05, 0) is 24.3 Å². The number of hydrogen-bond acceptors (Lipinski definition) is 7. The van der Waals surface area contributed by atoms with Gasteiger partial charge in [0, 0.05) is 57.2 Å². The van der Waals surface area contributed by atoms with Crippen molar-refractivity contribution in [3.8, 4) is 11.3 Å². The van der Waals surface area contributed by atoms with Gasteiger partial charge >= 0.3 is 0 Å². The van der Waals surface area contributed by atoms with Crippen LogP contribution in [-0.2, 0) is 21.3 Å². The highest BCUT2D eigenvalue weighted by Crippen LogP contribution is 2.28. The van der Waals surface area contributed by atoms with Crippen molar-refractivity contribution in [1.82, 2.24) is 14.5 Å². The molecule has 8 nitrogen and oxygen atoms in total. The standard InChI is InChI=1S/C22H26N4O4/c1-25-21(27)13-18(15-6-8-23-9-7-15)24-22(25)26-10-11-30-20(14-26)17-12-16(28-2)4-5-19(17)29-3/h4-9,12-13,17,19-20H,10-11,14H2,1-3H3/t17?,19?,20-/m0/s1. The number of ether oxygens (including phenoxy) is 3. The topological polar surface area (TPSA) is 78.7 Å². The maximum Gasteiger partial charge on any atom is 0.255 e. The van der Waals surface area contributed by atoms with Crippen molar-refractivity contribution in [3.63, 3.8) is 0 Å². The Morgan fingerprint density at radius 1 is 1.23 bits per heavy atom. The number of morpholine rings is 1.